The monoisotopic (exact) mass is 226 g/mol. The molecule has 0 amide bonds. The lowest BCUT2D eigenvalue weighted by Gasteiger charge is -2.41. The quantitative estimate of drug-likeness (QED) is 0.456. The largest absolute Gasteiger partial charge is 0.0944 e. The van der Waals surface area contributed by atoms with Crippen molar-refractivity contribution in [2.45, 2.75) is 58.3 Å². The fraction of sp³-hybridized carbons (Fsp3) is 0.714. The van der Waals surface area contributed by atoms with Crippen LogP contribution in [0.4, 0.5) is 0 Å². The molecule has 0 saturated carbocycles. The predicted octanol–water partition coefficient (Wildman–Crippen LogP) is 5.20. The van der Waals surface area contributed by atoms with E-state index in [9.17, 15) is 0 Å². The molecule has 1 heteroatoms. The summed E-state index contributed by atoms with van der Waals surface area (Å²) < 4.78 is 0. The average molecular weight is 226 g/mol. The molecule has 0 N–H and O–H groups in total. The highest BCUT2D eigenvalue weighted by molar-refractivity contribution is 7.60. The summed E-state index contributed by atoms with van der Waals surface area (Å²) in [6, 6.07) is 0. The topological polar surface area (TPSA) is 0 Å². The van der Waals surface area contributed by atoms with Gasteiger partial charge in [-0.05, 0) is 25.2 Å². The first-order valence-corrected chi connectivity index (χ1v) is 7.61. The summed E-state index contributed by atoms with van der Waals surface area (Å²) in [6.07, 6.45) is 10.0. The first kappa shape index (κ1) is 14.9. The summed E-state index contributed by atoms with van der Waals surface area (Å²) in [5.74, 6) is 0. The number of allylic oxidation sites excluding steroid dienone is 4. The van der Waals surface area contributed by atoms with Crippen molar-refractivity contribution in [2.24, 2.45) is 0 Å². The van der Waals surface area contributed by atoms with Gasteiger partial charge in [-0.2, -0.15) is 0 Å². The van der Waals surface area contributed by atoms with Crippen molar-refractivity contribution in [3.8, 4) is 0 Å². The Morgan fingerprint density at radius 3 is 1.93 bits per heavy atom. The molecule has 0 aromatic rings. The Morgan fingerprint density at radius 1 is 1.07 bits per heavy atom. The first-order chi connectivity index (χ1) is 6.78. The van der Waals surface area contributed by atoms with Crippen LogP contribution in [0.25, 0.3) is 0 Å². The Hall–Kier alpha value is -0.0900. The van der Waals surface area contributed by atoms with Gasteiger partial charge in [0.05, 0.1) is 0 Å². The fourth-order valence-corrected chi connectivity index (χ4v) is 3.92. The standard InChI is InChI=1S/C14H27P/c1-8-10-11-12-14(6,9-2)15(7)13(3,4)5/h8,10-12H,9H2,1-7H3/b10-8-,12-11-. The molecule has 15 heavy (non-hydrogen) atoms. The fourth-order valence-electron chi connectivity index (χ4n) is 1.61. The molecule has 0 saturated heterocycles. The molecule has 0 nitrogen and oxygen atoms in total. The summed E-state index contributed by atoms with van der Waals surface area (Å²) in [6.45, 7) is 16.3. The van der Waals surface area contributed by atoms with Gasteiger partial charge in [0, 0.05) is 5.16 Å². The van der Waals surface area contributed by atoms with Gasteiger partial charge in [0.15, 0.2) is 0 Å². The molecule has 0 aliphatic carbocycles. The van der Waals surface area contributed by atoms with Crippen LogP contribution in [0, 0.1) is 0 Å². The average Bonchev–Trinajstić information content (AvgIpc) is 2.15. The van der Waals surface area contributed by atoms with E-state index in [4.69, 9.17) is 0 Å². The maximum atomic E-state index is 2.43. The predicted molar refractivity (Wildman–Crippen MR) is 75.2 cm³/mol. The summed E-state index contributed by atoms with van der Waals surface area (Å²) in [7, 11) is -0.00449. The molecule has 0 aliphatic rings. The zero-order valence-corrected chi connectivity index (χ0v) is 12.4. The minimum absolute atomic E-state index is 0.00449. The van der Waals surface area contributed by atoms with E-state index in [2.05, 4.69) is 72.5 Å². The second kappa shape index (κ2) is 5.85. The van der Waals surface area contributed by atoms with Crippen molar-refractivity contribution < 1.29 is 0 Å². The molecule has 2 atom stereocenters. The van der Waals surface area contributed by atoms with Gasteiger partial charge in [-0.3, -0.25) is 0 Å². The second-order valence-electron chi connectivity index (χ2n) is 5.33. The molecule has 0 radical (unpaired) electrons. The van der Waals surface area contributed by atoms with E-state index in [0.717, 1.165) is 0 Å². The first-order valence-electron chi connectivity index (χ1n) is 5.82. The highest BCUT2D eigenvalue weighted by atomic mass is 31.1. The molecular weight excluding hydrogens is 199 g/mol. The van der Waals surface area contributed by atoms with E-state index >= 15 is 0 Å². The van der Waals surface area contributed by atoms with Crippen molar-refractivity contribution >= 4 is 7.92 Å². The SMILES string of the molecule is C/C=C\C=C/C(C)(CC)P(C)C(C)(C)C. The maximum Gasteiger partial charge on any atom is 0.00582 e. The van der Waals surface area contributed by atoms with Crippen molar-refractivity contribution in [3.63, 3.8) is 0 Å². The molecule has 0 spiro atoms. The molecule has 0 aromatic heterocycles. The van der Waals surface area contributed by atoms with Crippen molar-refractivity contribution in [3.05, 3.63) is 24.3 Å². The van der Waals surface area contributed by atoms with Gasteiger partial charge in [-0.25, -0.2) is 0 Å². The van der Waals surface area contributed by atoms with Gasteiger partial charge in [-0.15, -0.1) is 0 Å². The van der Waals surface area contributed by atoms with Crippen LogP contribution >= 0.6 is 7.92 Å². The number of rotatable bonds is 4. The molecule has 2 unspecified atom stereocenters. The highest BCUT2D eigenvalue weighted by Crippen LogP contribution is 2.58. The van der Waals surface area contributed by atoms with Crippen LogP contribution in [0.1, 0.15) is 48.0 Å². The van der Waals surface area contributed by atoms with E-state index in [1.807, 2.05) is 0 Å². The van der Waals surface area contributed by atoms with E-state index in [1.54, 1.807) is 0 Å². The zero-order valence-electron chi connectivity index (χ0n) is 11.5. The Balaban J connectivity index is 4.84. The van der Waals surface area contributed by atoms with Crippen molar-refractivity contribution in [2.75, 3.05) is 6.66 Å². The Morgan fingerprint density at radius 2 is 1.60 bits per heavy atom. The van der Waals surface area contributed by atoms with Gasteiger partial charge in [0.1, 0.15) is 0 Å². The van der Waals surface area contributed by atoms with Crippen LogP contribution < -0.4 is 0 Å². The van der Waals surface area contributed by atoms with Crippen LogP contribution in [-0.4, -0.2) is 17.0 Å². The van der Waals surface area contributed by atoms with Crippen molar-refractivity contribution in [1.29, 1.82) is 0 Å². The van der Waals surface area contributed by atoms with Gasteiger partial charge < -0.3 is 0 Å². The lowest BCUT2D eigenvalue weighted by molar-refractivity contribution is 0.691. The molecule has 0 bridgehead atoms. The van der Waals surface area contributed by atoms with E-state index < -0.39 is 0 Å². The van der Waals surface area contributed by atoms with Crippen LogP contribution in [0.2, 0.25) is 0 Å². The van der Waals surface area contributed by atoms with Crippen LogP contribution in [0.3, 0.4) is 0 Å². The van der Waals surface area contributed by atoms with Gasteiger partial charge >= 0.3 is 0 Å². The summed E-state index contributed by atoms with van der Waals surface area (Å²) in [5, 5.41) is 0.799. The minimum atomic E-state index is -0.00449. The molecular formula is C14H27P. The zero-order chi connectivity index (χ0) is 12.1. The highest BCUT2D eigenvalue weighted by Gasteiger charge is 2.33. The summed E-state index contributed by atoms with van der Waals surface area (Å²) >= 11 is 0. The molecule has 0 heterocycles. The van der Waals surface area contributed by atoms with Crippen LogP contribution in [0.15, 0.2) is 24.3 Å². The lowest BCUT2D eigenvalue weighted by atomic mass is 10.1. The maximum absolute atomic E-state index is 2.43. The third-order valence-corrected chi connectivity index (χ3v) is 7.26. The second-order valence-corrected chi connectivity index (χ2v) is 8.81. The summed E-state index contributed by atoms with van der Waals surface area (Å²) in [4.78, 5) is 0. The smallest absolute Gasteiger partial charge is 0.00582 e. The number of hydrogen-bond acceptors (Lipinski definition) is 0. The van der Waals surface area contributed by atoms with Crippen LogP contribution in [0.5, 0.6) is 0 Å². The Labute approximate surface area is 97.6 Å². The van der Waals surface area contributed by atoms with E-state index in [1.165, 1.54) is 6.42 Å². The Kier molecular flexibility index (Phi) is 5.81. The normalized spacial score (nSPS) is 19.7. The molecule has 0 aliphatic heterocycles. The van der Waals surface area contributed by atoms with Gasteiger partial charge in [0.2, 0.25) is 0 Å². The van der Waals surface area contributed by atoms with Crippen LogP contribution in [-0.2, 0) is 0 Å². The third-order valence-electron chi connectivity index (χ3n) is 3.25. The van der Waals surface area contributed by atoms with E-state index in [-0.39, 0.29) is 7.92 Å². The molecule has 0 fully saturated rings. The molecule has 88 valence electrons. The number of hydrogen-bond donors (Lipinski definition) is 0. The van der Waals surface area contributed by atoms with Gasteiger partial charge in [0.25, 0.3) is 0 Å². The van der Waals surface area contributed by atoms with Gasteiger partial charge in [-0.1, -0.05) is 66.8 Å². The molecule has 0 rings (SSSR count). The third kappa shape index (κ3) is 4.51. The molecule has 0 aromatic carbocycles. The Bertz CT molecular complexity index is 232. The minimum Gasteiger partial charge on any atom is -0.0944 e. The van der Waals surface area contributed by atoms with E-state index in [0.29, 0.717) is 10.3 Å². The van der Waals surface area contributed by atoms with Crippen molar-refractivity contribution in [1.82, 2.24) is 0 Å². The lowest BCUT2D eigenvalue weighted by Crippen LogP contribution is -2.27. The summed E-state index contributed by atoms with van der Waals surface area (Å²) in [5.41, 5.74) is 0.